The highest BCUT2D eigenvalue weighted by molar-refractivity contribution is 7.89. The molecule has 30 heavy (non-hydrogen) atoms. The van der Waals surface area contributed by atoms with Crippen LogP contribution in [-0.2, 0) is 21.0 Å². The van der Waals surface area contributed by atoms with Crippen LogP contribution in [-0.4, -0.2) is 31.2 Å². The van der Waals surface area contributed by atoms with Crippen molar-refractivity contribution < 1.29 is 26.4 Å². The number of carbonyl (C=O) groups excluding carboxylic acids is 1. The maximum Gasteiger partial charge on any atom is 0.416 e. The van der Waals surface area contributed by atoms with Crippen LogP contribution in [0.2, 0.25) is 0 Å². The van der Waals surface area contributed by atoms with Crippen molar-refractivity contribution in [2.45, 2.75) is 50.7 Å². The van der Waals surface area contributed by atoms with E-state index >= 15 is 0 Å². The van der Waals surface area contributed by atoms with E-state index < -0.39 is 33.7 Å². The van der Waals surface area contributed by atoms with Crippen LogP contribution in [0, 0.1) is 20.8 Å². The molecule has 0 saturated carbocycles. The molecule has 5 nitrogen and oxygen atoms in total. The van der Waals surface area contributed by atoms with Gasteiger partial charge >= 0.3 is 6.18 Å². The molecule has 0 aromatic heterocycles. The van der Waals surface area contributed by atoms with E-state index in [0.717, 1.165) is 29.8 Å². The molecule has 2 aromatic carbocycles. The second-order valence-electron chi connectivity index (χ2n) is 7.57. The van der Waals surface area contributed by atoms with Crippen molar-refractivity contribution in [3.05, 3.63) is 58.7 Å². The smallest absolute Gasteiger partial charge is 0.325 e. The summed E-state index contributed by atoms with van der Waals surface area (Å²) in [7, 11) is -3.91. The summed E-state index contributed by atoms with van der Waals surface area (Å²) in [5.74, 6) is -0.557. The van der Waals surface area contributed by atoms with Gasteiger partial charge in [-0.25, -0.2) is 8.42 Å². The lowest BCUT2D eigenvalue weighted by atomic mass is 10.1. The van der Waals surface area contributed by atoms with Gasteiger partial charge in [0.05, 0.1) is 10.5 Å². The first-order valence-corrected chi connectivity index (χ1v) is 10.9. The molecule has 1 unspecified atom stereocenters. The summed E-state index contributed by atoms with van der Waals surface area (Å²) in [6.07, 6.45) is -3.60. The Bertz CT molecular complexity index is 1040. The minimum atomic E-state index is -4.47. The van der Waals surface area contributed by atoms with E-state index in [1.165, 1.54) is 4.31 Å². The molecule has 9 heteroatoms. The first-order chi connectivity index (χ1) is 13.9. The molecule has 1 aliphatic rings. The molecule has 0 aliphatic carbocycles. The molecule has 1 amide bonds. The number of nitrogens with zero attached hydrogens (tertiary/aromatic N) is 1. The lowest BCUT2D eigenvalue weighted by Crippen LogP contribution is -2.43. The van der Waals surface area contributed by atoms with Gasteiger partial charge in [0.2, 0.25) is 15.9 Å². The van der Waals surface area contributed by atoms with Crippen LogP contribution in [0.15, 0.2) is 41.3 Å². The van der Waals surface area contributed by atoms with Crippen LogP contribution in [0.3, 0.4) is 0 Å². The zero-order chi connectivity index (χ0) is 22.3. The Balaban J connectivity index is 1.84. The Morgan fingerprint density at radius 3 is 2.17 bits per heavy atom. The maximum absolute atomic E-state index is 13.3. The molecular weight excluding hydrogens is 417 g/mol. The van der Waals surface area contributed by atoms with Gasteiger partial charge in [0.25, 0.3) is 0 Å². The Morgan fingerprint density at radius 2 is 1.63 bits per heavy atom. The summed E-state index contributed by atoms with van der Waals surface area (Å²) in [4.78, 5) is 13.0. The third-order valence-corrected chi connectivity index (χ3v) is 7.37. The van der Waals surface area contributed by atoms with E-state index in [-0.39, 0.29) is 17.1 Å². The van der Waals surface area contributed by atoms with E-state index in [1.54, 1.807) is 26.0 Å². The van der Waals surface area contributed by atoms with E-state index in [2.05, 4.69) is 5.32 Å². The molecule has 0 radical (unpaired) electrons. The van der Waals surface area contributed by atoms with Crippen LogP contribution >= 0.6 is 0 Å². The Kier molecular flexibility index (Phi) is 5.97. The molecule has 0 bridgehead atoms. The highest BCUT2D eigenvalue weighted by Crippen LogP contribution is 2.32. The molecule has 1 atom stereocenters. The van der Waals surface area contributed by atoms with Crippen LogP contribution in [0.25, 0.3) is 0 Å². The van der Waals surface area contributed by atoms with Crippen molar-refractivity contribution in [2.24, 2.45) is 0 Å². The minimum Gasteiger partial charge on any atom is -0.325 e. The Labute approximate surface area is 173 Å². The monoisotopic (exact) mass is 440 g/mol. The molecule has 1 fully saturated rings. The van der Waals surface area contributed by atoms with Crippen LogP contribution < -0.4 is 5.32 Å². The lowest BCUT2D eigenvalue weighted by molar-refractivity contribution is -0.137. The number of alkyl halides is 3. The SMILES string of the molecule is Cc1cc(C)c(S(=O)(=O)N2CCCC2C(=O)Nc2ccc(C(F)(F)F)cc2)c(C)c1. The number of benzene rings is 2. The second kappa shape index (κ2) is 8.03. The van der Waals surface area contributed by atoms with Gasteiger partial charge in [-0.2, -0.15) is 17.5 Å². The van der Waals surface area contributed by atoms with Gasteiger partial charge in [0, 0.05) is 12.2 Å². The quantitative estimate of drug-likeness (QED) is 0.765. The van der Waals surface area contributed by atoms with Gasteiger partial charge in [0.15, 0.2) is 0 Å². The van der Waals surface area contributed by atoms with Crippen molar-refractivity contribution in [1.29, 1.82) is 0 Å². The maximum atomic E-state index is 13.3. The molecule has 1 N–H and O–H groups in total. The fourth-order valence-corrected chi connectivity index (χ4v) is 6.02. The Hall–Kier alpha value is -2.39. The van der Waals surface area contributed by atoms with Crippen molar-refractivity contribution in [3.8, 4) is 0 Å². The fourth-order valence-electron chi connectivity index (χ4n) is 3.95. The summed E-state index contributed by atoms with van der Waals surface area (Å²) in [6.45, 7) is 5.53. The van der Waals surface area contributed by atoms with Gasteiger partial charge in [-0.05, 0) is 69.0 Å². The van der Waals surface area contributed by atoms with Crippen molar-refractivity contribution in [2.75, 3.05) is 11.9 Å². The third-order valence-electron chi connectivity index (χ3n) is 5.16. The van der Waals surface area contributed by atoms with Crippen LogP contribution in [0.1, 0.15) is 35.1 Å². The van der Waals surface area contributed by atoms with Gasteiger partial charge in [0.1, 0.15) is 6.04 Å². The third kappa shape index (κ3) is 4.37. The first-order valence-electron chi connectivity index (χ1n) is 9.49. The summed E-state index contributed by atoms with van der Waals surface area (Å²) < 4.78 is 66.0. The molecular formula is C21H23F3N2O3S. The van der Waals surface area contributed by atoms with E-state index in [1.807, 2.05) is 6.92 Å². The number of halogens is 3. The van der Waals surface area contributed by atoms with Crippen LogP contribution in [0.5, 0.6) is 0 Å². The number of amides is 1. The van der Waals surface area contributed by atoms with E-state index in [0.29, 0.717) is 24.0 Å². The summed E-state index contributed by atoms with van der Waals surface area (Å²) in [5.41, 5.74) is 1.53. The number of aryl methyl sites for hydroxylation is 3. The predicted molar refractivity (Wildman–Crippen MR) is 108 cm³/mol. The number of hydrogen-bond donors (Lipinski definition) is 1. The highest BCUT2D eigenvalue weighted by atomic mass is 32.2. The van der Waals surface area contributed by atoms with Crippen molar-refractivity contribution >= 4 is 21.6 Å². The zero-order valence-electron chi connectivity index (χ0n) is 16.9. The summed E-state index contributed by atoms with van der Waals surface area (Å²) >= 11 is 0. The van der Waals surface area contributed by atoms with Crippen LogP contribution in [0.4, 0.5) is 18.9 Å². The minimum absolute atomic E-state index is 0.181. The largest absolute Gasteiger partial charge is 0.416 e. The standard InChI is InChI=1S/C21H23F3N2O3S/c1-13-11-14(2)19(15(3)12-13)30(28,29)26-10-4-5-18(26)20(27)25-17-8-6-16(7-9-17)21(22,23)24/h6-9,11-12,18H,4-5,10H2,1-3H3,(H,25,27). The lowest BCUT2D eigenvalue weighted by Gasteiger charge is -2.25. The number of anilines is 1. The highest BCUT2D eigenvalue weighted by Gasteiger charge is 2.40. The van der Waals surface area contributed by atoms with Gasteiger partial charge in [-0.15, -0.1) is 0 Å². The number of hydrogen-bond acceptors (Lipinski definition) is 3. The van der Waals surface area contributed by atoms with Gasteiger partial charge in [-0.3, -0.25) is 4.79 Å². The molecule has 1 aliphatic heterocycles. The number of carbonyl (C=O) groups is 1. The normalized spacial score (nSPS) is 17.9. The molecule has 1 saturated heterocycles. The summed E-state index contributed by atoms with van der Waals surface area (Å²) in [5, 5.41) is 2.54. The fraction of sp³-hybridized carbons (Fsp3) is 0.381. The predicted octanol–water partition coefficient (Wildman–Crippen LogP) is 4.42. The number of sulfonamides is 1. The van der Waals surface area contributed by atoms with Crippen molar-refractivity contribution in [1.82, 2.24) is 4.31 Å². The average Bonchev–Trinajstić information content (AvgIpc) is 3.11. The van der Waals surface area contributed by atoms with E-state index in [9.17, 15) is 26.4 Å². The van der Waals surface area contributed by atoms with Gasteiger partial charge in [-0.1, -0.05) is 17.7 Å². The number of nitrogens with one attached hydrogen (secondary N) is 1. The van der Waals surface area contributed by atoms with E-state index in [4.69, 9.17) is 0 Å². The molecule has 1 heterocycles. The van der Waals surface area contributed by atoms with Crippen molar-refractivity contribution in [3.63, 3.8) is 0 Å². The second-order valence-corrected chi connectivity index (χ2v) is 9.39. The molecule has 3 rings (SSSR count). The summed E-state index contributed by atoms with van der Waals surface area (Å²) in [6, 6.07) is 6.71. The molecule has 0 spiro atoms. The topological polar surface area (TPSA) is 66.5 Å². The average molecular weight is 440 g/mol. The number of rotatable bonds is 4. The zero-order valence-corrected chi connectivity index (χ0v) is 17.7. The first kappa shape index (κ1) is 22.3. The Morgan fingerprint density at radius 1 is 1.07 bits per heavy atom. The van der Waals surface area contributed by atoms with Gasteiger partial charge < -0.3 is 5.32 Å². The molecule has 162 valence electrons. The molecule has 2 aromatic rings.